The van der Waals surface area contributed by atoms with E-state index in [9.17, 15) is 19.8 Å². The standard InChI is InChI=1S/C12H16O5/c13-5-7-8-6-17-10(16)12(8)4-2-1-3-11(7,12)9(14)15/h7-8,13H,1-6H2,(H,14,15)/t7-,8-,11-,12+/m0/s1. The van der Waals surface area contributed by atoms with Crippen molar-refractivity contribution in [2.24, 2.45) is 22.7 Å². The van der Waals surface area contributed by atoms with Gasteiger partial charge in [-0.15, -0.1) is 0 Å². The SMILES string of the molecule is O=C1OC[C@H]2[C@H](CO)[C@]3(C(=O)O)CCCC[C@]123. The number of carboxylic acids is 1. The van der Waals surface area contributed by atoms with E-state index in [1.165, 1.54) is 0 Å². The van der Waals surface area contributed by atoms with Gasteiger partial charge in [0.1, 0.15) is 0 Å². The first-order valence-electron chi connectivity index (χ1n) is 6.13. The lowest BCUT2D eigenvalue weighted by atomic mass is 9.35. The molecule has 17 heavy (non-hydrogen) atoms. The van der Waals surface area contributed by atoms with Crippen LogP contribution < -0.4 is 0 Å². The molecule has 0 amide bonds. The minimum Gasteiger partial charge on any atom is -0.481 e. The molecule has 0 bridgehead atoms. The van der Waals surface area contributed by atoms with Crippen LogP contribution in [0.1, 0.15) is 25.7 Å². The molecule has 1 aliphatic heterocycles. The molecular weight excluding hydrogens is 224 g/mol. The van der Waals surface area contributed by atoms with Gasteiger partial charge in [-0.1, -0.05) is 12.8 Å². The second-order valence-electron chi connectivity index (χ2n) is 5.45. The Balaban J connectivity index is 2.12. The molecule has 0 unspecified atom stereocenters. The van der Waals surface area contributed by atoms with Crippen molar-refractivity contribution in [3.63, 3.8) is 0 Å². The lowest BCUT2D eigenvalue weighted by Gasteiger charge is -2.63. The molecule has 0 aromatic rings. The van der Waals surface area contributed by atoms with Crippen LogP contribution in [0.3, 0.4) is 0 Å². The summed E-state index contributed by atoms with van der Waals surface area (Å²) < 4.78 is 5.09. The second-order valence-corrected chi connectivity index (χ2v) is 5.45. The molecule has 4 atom stereocenters. The zero-order chi connectivity index (χ0) is 12.3. The summed E-state index contributed by atoms with van der Waals surface area (Å²) in [5.74, 6) is -1.72. The normalized spacial score (nSPS) is 47.7. The van der Waals surface area contributed by atoms with E-state index < -0.39 is 16.8 Å². The third-order valence-corrected chi connectivity index (χ3v) is 5.28. The van der Waals surface area contributed by atoms with Crippen molar-refractivity contribution in [2.75, 3.05) is 13.2 Å². The third kappa shape index (κ3) is 0.921. The summed E-state index contributed by atoms with van der Waals surface area (Å²) in [7, 11) is 0. The summed E-state index contributed by atoms with van der Waals surface area (Å²) >= 11 is 0. The van der Waals surface area contributed by atoms with E-state index in [2.05, 4.69) is 0 Å². The molecule has 0 radical (unpaired) electrons. The second kappa shape index (κ2) is 3.22. The monoisotopic (exact) mass is 240 g/mol. The van der Waals surface area contributed by atoms with Gasteiger partial charge in [-0.05, 0) is 12.8 Å². The Hall–Kier alpha value is -1.10. The maximum atomic E-state index is 12.0. The highest BCUT2D eigenvalue weighted by molar-refractivity contribution is 5.92. The molecule has 2 aliphatic carbocycles. The van der Waals surface area contributed by atoms with Crippen molar-refractivity contribution < 1.29 is 24.5 Å². The molecule has 5 nitrogen and oxygen atoms in total. The first-order chi connectivity index (χ1) is 8.11. The van der Waals surface area contributed by atoms with Gasteiger partial charge in [0.2, 0.25) is 0 Å². The number of cyclic esters (lactones) is 1. The maximum Gasteiger partial charge on any atom is 0.313 e. The molecule has 0 aromatic carbocycles. The molecule has 2 N–H and O–H groups in total. The lowest BCUT2D eigenvalue weighted by molar-refractivity contribution is -0.231. The zero-order valence-electron chi connectivity index (χ0n) is 9.52. The summed E-state index contributed by atoms with van der Waals surface area (Å²) in [5.41, 5.74) is -1.91. The maximum absolute atomic E-state index is 12.0. The fourth-order valence-corrected chi connectivity index (χ4v) is 4.60. The Morgan fingerprint density at radius 2 is 2.12 bits per heavy atom. The van der Waals surface area contributed by atoms with Crippen LogP contribution in [-0.4, -0.2) is 35.4 Å². The van der Waals surface area contributed by atoms with Gasteiger partial charge in [0.05, 0.1) is 17.4 Å². The molecule has 1 spiro atoms. The van der Waals surface area contributed by atoms with E-state index in [-0.39, 0.29) is 31.0 Å². The van der Waals surface area contributed by atoms with Crippen molar-refractivity contribution in [3.8, 4) is 0 Å². The lowest BCUT2D eigenvalue weighted by Crippen LogP contribution is -2.71. The number of ether oxygens (including phenoxy) is 1. The van der Waals surface area contributed by atoms with E-state index in [1.807, 2.05) is 0 Å². The van der Waals surface area contributed by atoms with Crippen molar-refractivity contribution in [3.05, 3.63) is 0 Å². The third-order valence-electron chi connectivity index (χ3n) is 5.28. The molecule has 5 heteroatoms. The van der Waals surface area contributed by atoms with Crippen LogP contribution in [0.5, 0.6) is 0 Å². The predicted octanol–water partition coefficient (Wildman–Crippen LogP) is 0.413. The Labute approximate surface area is 98.8 Å². The average molecular weight is 240 g/mol. The molecular formula is C12H16O5. The highest BCUT2D eigenvalue weighted by Crippen LogP contribution is 2.73. The number of aliphatic hydroxyl groups excluding tert-OH is 1. The number of carboxylic acid groups (broad SMARTS) is 1. The van der Waals surface area contributed by atoms with Crippen molar-refractivity contribution in [1.29, 1.82) is 0 Å². The zero-order valence-corrected chi connectivity index (χ0v) is 9.52. The average Bonchev–Trinajstić information content (AvgIpc) is 2.55. The quantitative estimate of drug-likeness (QED) is 0.683. The number of carbonyl (C=O) groups excluding carboxylic acids is 1. The molecule has 3 rings (SSSR count). The molecule has 0 aromatic heterocycles. The van der Waals surface area contributed by atoms with Crippen LogP contribution >= 0.6 is 0 Å². The van der Waals surface area contributed by atoms with Crippen LogP contribution in [-0.2, 0) is 14.3 Å². The number of hydrogen-bond donors (Lipinski definition) is 2. The summed E-state index contributed by atoms with van der Waals surface area (Å²) in [5, 5.41) is 19.0. The number of carbonyl (C=O) groups is 2. The largest absolute Gasteiger partial charge is 0.481 e. The predicted molar refractivity (Wildman–Crippen MR) is 56.0 cm³/mol. The molecule has 1 saturated heterocycles. The minimum absolute atomic E-state index is 0.101. The van der Waals surface area contributed by atoms with Crippen molar-refractivity contribution in [1.82, 2.24) is 0 Å². The van der Waals surface area contributed by atoms with Crippen molar-refractivity contribution in [2.45, 2.75) is 25.7 Å². The van der Waals surface area contributed by atoms with Crippen LogP contribution in [0, 0.1) is 22.7 Å². The Kier molecular flexibility index (Phi) is 2.09. The Bertz CT molecular complexity index is 392. The number of aliphatic carboxylic acids is 1. The van der Waals surface area contributed by atoms with Gasteiger partial charge in [-0.3, -0.25) is 9.59 Å². The first-order valence-corrected chi connectivity index (χ1v) is 6.13. The number of hydrogen-bond acceptors (Lipinski definition) is 4. The number of esters is 1. The van der Waals surface area contributed by atoms with Gasteiger partial charge >= 0.3 is 11.9 Å². The summed E-state index contributed by atoms with van der Waals surface area (Å²) in [6.45, 7) is 0.106. The fourth-order valence-electron chi connectivity index (χ4n) is 4.60. The highest BCUT2D eigenvalue weighted by atomic mass is 16.5. The molecule has 2 saturated carbocycles. The molecule has 94 valence electrons. The van der Waals surface area contributed by atoms with Crippen molar-refractivity contribution >= 4 is 11.9 Å². The van der Waals surface area contributed by atoms with Crippen LogP contribution in [0.25, 0.3) is 0 Å². The van der Waals surface area contributed by atoms with Gasteiger partial charge in [0.15, 0.2) is 0 Å². The van der Waals surface area contributed by atoms with E-state index in [0.717, 1.165) is 12.8 Å². The van der Waals surface area contributed by atoms with Gasteiger partial charge in [0, 0.05) is 18.4 Å². The Morgan fingerprint density at radius 1 is 1.41 bits per heavy atom. The summed E-state index contributed by atoms with van der Waals surface area (Å²) in [6.07, 6.45) is 2.77. The van der Waals surface area contributed by atoms with E-state index in [4.69, 9.17) is 4.74 Å². The molecule has 3 aliphatic rings. The summed E-state index contributed by atoms with van der Waals surface area (Å²) in [4.78, 5) is 23.7. The minimum atomic E-state index is -1.07. The van der Waals surface area contributed by atoms with Crippen LogP contribution in [0.2, 0.25) is 0 Å². The van der Waals surface area contributed by atoms with Gasteiger partial charge < -0.3 is 14.9 Å². The number of rotatable bonds is 2. The molecule has 3 fully saturated rings. The van der Waals surface area contributed by atoms with Crippen LogP contribution in [0.15, 0.2) is 0 Å². The Morgan fingerprint density at radius 3 is 2.76 bits per heavy atom. The summed E-state index contributed by atoms with van der Waals surface area (Å²) in [6, 6.07) is 0. The van der Waals surface area contributed by atoms with E-state index >= 15 is 0 Å². The number of aliphatic hydroxyl groups is 1. The smallest absolute Gasteiger partial charge is 0.313 e. The van der Waals surface area contributed by atoms with Gasteiger partial charge in [-0.2, -0.15) is 0 Å². The van der Waals surface area contributed by atoms with Gasteiger partial charge in [0.25, 0.3) is 0 Å². The molecule has 1 heterocycles. The van der Waals surface area contributed by atoms with Gasteiger partial charge in [-0.25, -0.2) is 0 Å². The topological polar surface area (TPSA) is 83.8 Å². The first kappa shape index (κ1) is 11.0. The highest BCUT2D eigenvalue weighted by Gasteiger charge is 2.81. The van der Waals surface area contributed by atoms with E-state index in [1.54, 1.807) is 0 Å². The van der Waals surface area contributed by atoms with E-state index in [0.29, 0.717) is 12.8 Å². The fraction of sp³-hybridized carbons (Fsp3) is 0.833. The van der Waals surface area contributed by atoms with Crippen LogP contribution in [0.4, 0.5) is 0 Å².